The summed E-state index contributed by atoms with van der Waals surface area (Å²) in [7, 11) is 0. The number of carbonyl (C=O) groups is 1. The molecule has 0 saturated heterocycles. The van der Waals surface area contributed by atoms with Crippen LogP contribution < -0.4 is 5.84 Å². The minimum Gasteiger partial charge on any atom is -0.391 e. The number of hydrogen-bond acceptors (Lipinski definition) is 4. The molecule has 180 valence electrons. The van der Waals surface area contributed by atoms with Gasteiger partial charge in [-0.15, -0.1) is 0 Å². The van der Waals surface area contributed by atoms with E-state index in [-0.39, 0.29) is 23.8 Å². The number of aliphatic hydroxyl groups is 1. The third-order valence-electron chi connectivity index (χ3n) is 5.93. The van der Waals surface area contributed by atoms with Crippen molar-refractivity contribution in [3.8, 4) is 11.3 Å². The molecular weight excluding hydrogens is 422 g/mol. The van der Waals surface area contributed by atoms with Gasteiger partial charge in [-0.05, 0) is 53.9 Å². The minimum absolute atomic E-state index is 0.137. The number of rotatable bonds is 10. The second-order valence-electron chi connectivity index (χ2n) is 10.2. The van der Waals surface area contributed by atoms with E-state index in [0.29, 0.717) is 12.8 Å². The van der Waals surface area contributed by atoms with Crippen LogP contribution in [0.25, 0.3) is 11.3 Å². The Morgan fingerprint density at radius 2 is 1.65 bits per heavy atom. The van der Waals surface area contributed by atoms with Crippen LogP contribution in [0.15, 0.2) is 79.0 Å². The molecule has 3 rings (SSSR count). The first-order valence-electron chi connectivity index (χ1n) is 12.0. The van der Waals surface area contributed by atoms with Crippen molar-refractivity contribution < 1.29 is 9.90 Å². The molecule has 2 aromatic carbocycles. The summed E-state index contributed by atoms with van der Waals surface area (Å²) >= 11 is 0. The van der Waals surface area contributed by atoms with Crippen LogP contribution in [0.3, 0.4) is 0 Å². The highest BCUT2D eigenvalue weighted by Gasteiger charge is 2.22. The molecule has 2 atom stereocenters. The van der Waals surface area contributed by atoms with Gasteiger partial charge in [0.1, 0.15) is 0 Å². The maximum Gasteiger partial charge on any atom is 0.237 e. The Kier molecular flexibility index (Phi) is 8.97. The Morgan fingerprint density at radius 3 is 2.26 bits per heavy atom. The van der Waals surface area contributed by atoms with E-state index in [4.69, 9.17) is 5.84 Å². The fourth-order valence-corrected chi connectivity index (χ4v) is 4.11. The lowest BCUT2D eigenvalue weighted by Gasteiger charge is -2.25. The van der Waals surface area contributed by atoms with Crippen molar-refractivity contribution in [1.82, 2.24) is 9.99 Å². The van der Waals surface area contributed by atoms with Crippen LogP contribution >= 0.6 is 0 Å². The Hall–Kier alpha value is -3.02. The maximum absolute atomic E-state index is 12.3. The van der Waals surface area contributed by atoms with Gasteiger partial charge in [-0.2, -0.15) is 0 Å². The Balaban J connectivity index is 1.67. The maximum atomic E-state index is 12.3. The van der Waals surface area contributed by atoms with Crippen molar-refractivity contribution in [3.63, 3.8) is 0 Å². The molecule has 0 fully saturated rings. The lowest BCUT2D eigenvalue weighted by molar-refractivity contribution is -0.134. The molecule has 0 aliphatic rings. The quantitative estimate of drug-likeness (QED) is 0.243. The molecule has 34 heavy (non-hydrogen) atoms. The number of benzene rings is 2. The summed E-state index contributed by atoms with van der Waals surface area (Å²) in [5.41, 5.74) is 4.38. The van der Waals surface area contributed by atoms with Gasteiger partial charge in [-0.25, -0.2) is 5.84 Å². The highest BCUT2D eigenvalue weighted by atomic mass is 16.3. The van der Waals surface area contributed by atoms with Crippen molar-refractivity contribution in [2.75, 3.05) is 6.54 Å². The van der Waals surface area contributed by atoms with Gasteiger partial charge in [0.2, 0.25) is 5.91 Å². The Bertz CT molecular complexity index is 1010. The Morgan fingerprint density at radius 1 is 0.971 bits per heavy atom. The number of amides is 1. The zero-order chi connectivity index (χ0) is 24.6. The van der Waals surface area contributed by atoms with E-state index in [1.165, 1.54) is 16.1 Å². The molecule has 0 aliphatic heterocycles. The van der Waals surface area contributed by atoms with Gasteiger partial charge in [0.25, 0.3) is 0 Å². The van der Waals surface area contributed by atoms with Crippen molar-refractivity contribution in [1.29, 1.82) is 0 Å². The van der Waals surface area contributed by atoms with Gasteiger partial charge in [0.05, 0.1) is 18.3 Å². The number of pyridine rings is 1. The molecule has 0 aliphatic carbocycles. The number of carbonyl (C=O) groups excluding carboxylic acids is 1. The van der Waals surface area contributed by atoms with Gasteiger partial charge < -0.3 is 5.11 Å². The summed E-state index contributed by atoms with van der Waals surface area (Å²) < 4.78 is 0. The van der Waals surface area contributed by atoms with Crippen LogP contribution in [-0.4, -0.2) is 33.7 Å². The number of hydrogen-bond donors (Lipinski definition) is 2. The topological polar surface area (TPSA) is 79.5 Å². The van der Waals surface area contributed by atoms with Gasteiger partial charge in [0, 0.05) is 18.2 Å². The molecule has 3 aromatic rings. The second kappa shape index (κ2) is 11.9. The number of nitrogens with two attached hydrogens (primary N) is 1. The number of aromatic nitrogens is 1. The summed E-state index contributed by atoms with van der Waals surface area (Å²) in [6, 6.07) is 24.9. The van der Waals surface area contributed by atoms with E-state index < -0.39 is 6.10 Å². The van der Waals surface area contributed by atoms with Crippen LogP contribution in [0.5, 0.6) is 0 Å². The number of aliphatic hydroxyl groups excluding tert-OH is 1. The van der Waals surface area contributed by atoms with Crippen molar-refractivity contribution in [2.24, 2.45) is 11.3 Å². The molecule has 1 aromatic heterocycles. The average molecular weight is 460 g/mol. The monoisotopic (exact) mass is 459 g/mol. The van der Waals surface area contributed by atoms with Gasteiger partial charge in [-0.3, -0.25) is 14.8 Å². The van der Waals surface area contributed by atoms with Crippen LogP contribution in [0, 0.1) is 5.41 Å². The Labute approximate surface area is 203 Å². The van der Waals surface area contributed by atoms with Crippen molar-refractivity contribution in [2.45, 2.75) is 58.5 Å². The molecule has 1 amide bonds. The summed E-state index contributed by atoms with van der Waals surface area (Å²) in [5, 5.41) is 11.8. The highest BCUT2D eigenvalue weighted by Crippen LogP contribution is 2.29. The van der Waals surface area contributed by atoms with Gasteiger partial charge in [-0.1, -0.05) is 81.4 Å². The summed E-state index contributed by atoms with van der Waals surface area (Å²) in [6.45, 7) is 6.15. The summed E-state index contributed by atoms with van der Waals surface area (Å²) in [5.74, 6) is 6.06. The van der Waals surface area contributed by atoms with Gasteiger partial charge >= 0.3 is 0 Å². The fourth-order valence-electron chi connectivity index (χ4n) is 4.11. The van der Waals surface area contributed by atoms with E-state index in [2.05, 4.69) is 53.5 Å². The largest absolute Gasteiger partial charge is 0.391 e. The molecule has 0 radical (unpaired) electrons. The van der Waals surface area contributed by atoms with Crippen LogP contribution in [0.4, 0.5) is 0 Å². The van der Waals surface area contributed by atoms with Crippen molar-refractivity contribution in [3.05, 3.63) is 90.1 Å². The summed E-state index contributed by atoms with van der Waals surface area (Å²) in [6.07, 6.45) is 3.73. The molecule has 5 heteroatoms. The third kappa shape index (κ3) is 8.08. The van der Waals surface area contributed by atoms with Crippen molar-refractivity contribution >= 4 is 5.91 Å². The first kappa shape index (κ1) is 25.6. The standard InChI is InChI=1S/C29H37N3O2/c1-29(2,3)20-28(34)32(30)21-26(33)17-16-25(19-22-9-5-4-6-10-22)23-12-14-24(15-13-23)27-11-7-8-18-31-27/h4-15,18,25-26,33H,16-17,19-21,30H2,1-3H3. The molecule has 5 nitrogen and oxygen atoms in total. The second-order valence-corrected chi connectivity index (χ2v) is 10.2. The van der Waals surface area contributed by atoms with E-state index in [1.807, 2.05) is 45.0 Å². The lowest BCUT2D eigenvalue weighted by Crippen LogP contribution is -2.44. The number of hydrazine groups is 1. The molecule has 1 heterocycles. The molecule has 0 bridgehead atoms. The predicted octanol–water partition coefficient (Wildman–Crippen LogP) is 5.35. The van der Waals surface area contributed by atoms with Crippen LogP contribution in [0.1, 0.15) is 57.1 Å². The normalized spacial score (nSPS) is 13.3. The van der Waals surface area contributed by atoms with E-state index in [1.54, 1.807) is 6.20 Å². The zero-order valence-corrected chi connectivity index (χ0v) is 20.5. The van der Waals surface area contributed by atoms with Crippen LogP contribution in [0.2, 0.25) is 0 Å². The van der Waals surface area contributed by atoms with E-state index in [0.717, 1.165) is 24.1 Å². The predicted molar refractivity (Wildman–Crippen MR) is 138 cm³/mol. The van der Waals surface area contributed by atoms with E-state index in [9.17, 15) is 9.90 Å². The number of nitrogens with zero attached hydrogens (tertiary/aromatic N) is 2. The molecule has 0 spiro atoms. The molecular formula is C29H37N3O2. The van der Waals surface area contributed by atoms with E-state index >= 15 is 0 Å². The SMILES string of the molecule is CC(C)(C)CC(=O)N(N)CC(O)CCC(Cc1ccccc1)c1ccc(-c2ccccn2)cc1. The summed E-state index contributed by atoms with van der Waals surface area (Å²) in [4.78, 5) is 16.8. The molecule has 2 unspecified atom stereocenters. The lowest BCUT2D eigenvalue weighted by atomic mass is 9.86. The van der Waals surface area contributed by atoms with Gasteiger partial charge in [0.15, 0.2) is 0 Å². The fraction of sp³-hybridized carbons (Fsp3) is 0.379. The molecule has 3 N–H and O–H groups in total. The third-order valence-corrected chi connectivity index (χ3v) is 5.93. The molecule has 0 saturated carbocycles. The van der Waals surface area contributed by atoms with Crippen LogP contribution in [-0.2, 0) is 11.2 Å². The average Bonchev–Trinajstić information content (AvgIpc) is 2.82. The first-order valence-corrected chi connectivity index (χ1v) is 12.0. The smallest absolute Gasteiger partial charge is 0.237 e. The minimum atomic E-state index is -0.667. The first-order chi connectivity index (χ1) is 16.2. The zero-order valence-electron chi connectivity index (χ0n) is 20.5. The highest BCUT2D eigenvalue weighted by molar-refractivity contribution is 5.76.